The number of hydrogen-bond donors (Lipinski definition) is 1. The van der Waals surface area contributed by atoms with Gasteiger partial charge in [0.2, 0.25) is 0 Å². The van der Waals surface area contributed by atoms with E-state index in [1.807, 2.05) is 12.1 Å². The molecule has 0 spiro atoms. The molecule has 1 saturated heterocycles. The van der Waals surface area contributed by atoms with Crippen LogP contribution in [-0.2, 0) is 13.2 Å². The highest BCUT2D eigenvalue weighted by atomic mass is 19.1. The SMILES string of the molecule is COc1cc(CNC2CCN(C3CC3)CC2)ccc1OCc1ccc(F)cc1. The Morgan fingerprint density at radius 1 is 0.964 bits per heavy atom. The van der Waals surface area contributed by atoms with Gasteiger partial charge in [-0.2, -0.15) is 0 Å². The molecule has 1 saturated carbocycles. The second-order valence-corrected chi connectivity index (χ2v) is 7.82. The van der Waals surface area contributed by atoms with E-state index in [4.69, 9.17) is 9.47 Å². The van der Waals surface area contributed by atoms with Crippen molar-refractivity contribution in [2.45, 2.75) is 50.9 Å². The summed E-state index contributed by atoms with van der Waals surface area (Å²) in [6, 6.07) is 13.9. The number of nitrogens with zero attached hydrogens (tertiary/aromatic N) is 1. The van der Waals surface area contributed by atoms with E-state index < -0.39 is 0 Å². The average molecular weight is 384 g/mol. The molecule has 0 atom stereocenters. The highest BCUT2D eigenvalue weighted by Gasteiger charge is 2.31. The Bertz CT molecular complexity index is 769. The quantitative estimate of drug-likeness (QED) is 0.742. The van der Waals surface area contributed by atoms with E-state index in [-0.39, 0.29) is 5.82 Å². The third kappa shape index (κ3) is 5.03. The summed E-state index contributed by atoms with van der Waals surface area (Å²) < 4.78 is 24.4. The predicted molar refractivity (Wildman–Crippen MR) is 108 cm³/mol. The predicted octanol–water partition coefficient (Wildman–Crippen LogP) is 4.13. The van der Waals surface area contributed by atoms with Crippen molar-refractivity contribution >= 4 is 0 Å². The molecule has 0 amide bonds. The highest BCUT2D eigenvalue weighted by Crippen LogP contribution is 2.30. The molecule has 28 heavy (non-hydrogen) atoms. The first-order valence-corrected chi connectivity index (χ1v) is 10.2. The normalized spacial score (nSPS) is 18.2. The molecule has 2 aromatic rings. The van der Waals surface area contributed by atoms with Gasteiger partial charge in [0, 0.05) is 18.6 Å². The molecule has 2 fully saturated rings. The smallest absolute Gasteiger partial charge is 0.161 e. The molecule has 4 nitrogen and oxygen atoms in total. The van der Waals surface area contributed by atoms with Crippen LogP contribution in [0.5, 0.6) is 11.5 Å². The van der Waals surface area contributed by atoms with Crippen LogP contribution in [0.3, 0.4) is 0 Å². The third-order valence-electron chi connectivity index (χ3n) is 5.72. The van der Waals surface area contributed by atoms with Gasteiger partial charge < -0.3 is 19.7 Å². The van der Waals surface area contributed by atoms with Crippen molar-refractivity contribution in [2.75, 3.05) is 20.2 Å². The first-order valence-electron chi connectivity index (χ1n) is 10.2. The van der Waals surface area contributed by atoms with Crippen LogP contribution < -0.4 is 14.8 Å². The van der Waals surface area contributed by atoms with Gasteiger partial charge in [-0.1, -0.05) is 18.2 Å². The summed E-state index contributed by atoms with van der Waals surface area (Å²) in [5.74, 6) is 1.19. The zero-order valence-electron chi connectivity index (χ0n) is 16.5. The van der Waals surface area contributed by atoms with Crippen LogP contribution in [-0.4, -0.2) is 37.2 Å². The summed E-state index contributed by atoms with van der Waals surface area (Å²) in [5, 5.41) is 3.69. The number of rotatable bonds is 8. The zero-order chi connectivity index (χ0) is 19.3. The van der Waals surface area contributed by atoms with E-state index in [0.29, 0.717) is 18.4 Å². The van der Waals surface area contributed by atoms with E-state index in [2.05, 4.69) is 16.3 Å². The van der Waals surface area contributed by atoms with Crippen molar-refractivity contribution in [3.63, 3.8) is 0 Å². The van der Waals surface area contributed by atoms with Crippen LogP contribution >= 0.6 is 0 Å². The number of likely N-dealkylation sites (tertiary alicyclic amines) is 1. The Kier molecular flexibility index (Phi) is 6.13. The molecule has 1 aliphatic carbocycles. The first-order chi connectivity index (χ1) is 13.7. The largest absolute Gasteiger partial charge is 0.493 e. The molecule has 150 valence electrons. The van der Waals surface area contributed by atoms with Crippen LogP contribution in [0.4, 0.5) is 4.39 Å². The molecule has 0 unspecified atom stereocenters. The number of hydrogen-bond acceptors (Lipinski definition) is 4. The minimum absolute atomic E-state index is 0.239. The molecular formula is C23H29FN2O2. The number of halogens is 1. The third-order valence-corrected chi connectivity index (χ3v) is 5.72. The van der Waals surface area contributed by atoms with Gasteiger partial charge in [-0.3, -0.25) is 0 Å². The Hall–Kier alpha value is -2.11. The lowest BCUT2D eigenvalue weighted by molar-refractivity contribution is 0.189. The maximum atomic E-state index is 13.0. The van der Waals surface area contributed by atoms with E-state index >= 15 is 0 Å². The van der Waals surface area contributed by atoms with Gasteiger partial charge in [-0.15, -0.1) is 0 Å². The molecule has 0 bridgehead atoms. The second kappa shape index (κ2) is 8.93. The Balaban J connectivity index is 1.28. The van der Waals surface area contributed by atoms with Gasteiger partial charge in [-0.25, -0.2) is 4.39 Å². The minimum Gasteiger partial charge on any atom is -0.493 e. The van der Waals surface area contributed by atoms with E-state index in [1.54, 1.807) is 19.2 Å². The van der Waals surface area contributed by atoms with Gasteiger partial charge in [0.1, 0.15) is 12.4 Å². The zero-order valence-corrected chi connectivity index (χ0v) is 16.5. The molecule has 2 aliphatic rings. The van der Waals surface area contributed by atoms with Crippen molar-refractivity contribution in [1.29, 1.82) is 0 Å². The fourth-order valence-corrected chi connectivity index (χ4v) is 3.85. The summed E-state index contributed by atoms with van der Waals surface area (Å²) in [7, 11) is 1.66. The van der Waals surface area contributed by atoms with Crippen molar-refractivity contribution < 1.29 is 13.9 Å². The number of piperidine rings is 1. The van der Waals surface area contributed by atoms with Gasteiger partial charge >= 0.3 is 0 Å². The number of benzene rings is 2. The van der Waals surface area contributed by atoms with Gasteiger partial charge in [-0.05, 0) is 74.2 Å². The van der Waals surface area contributed by atoms with Gasteiger partial charge in [0.05, 0.1) is 7.11 Å². The second-order valence-electron chi connectivity index (χ2n) is 7.82. The standard InChI is InChI=1S/C23H29FN2O2/c1-27-23-14-18(15-25-20-10-12-26(13-11-20)21-7-8-21)4-9-22(23)28-16-17-2-5-19(24)6-3-17/h2-6,9,14,20-21,25H,7-8,10-13,15-16H2,1H3. The highest BCUT2D eigenvalue weighted by molar-refractivity contribution is 5.43. The van der Waals surface area contributed by atoms with Crippen molar-refractivity contribution in [3.8, 4) is 11.5 Å². The molecule has 0 radical (unpaired) electrons. The van der Waals surface area contributed by atoms with Crippen LogP contribution in [0.25, 0.3) is 0 Å². The maximum absolute atomic E-state index is 13.0. The number of ether oxygens (including phenoxy) is 2. The monoisotopic (exact) mass is 384 g/mol. The number of nitrogens with one attached hydrogen (secondary N) is 1. The van der Waals surface area contributed by atoms with E-state index in [0.717, 1.165) is 23.9 Å². The van der Waals surface area contributed by atoms with Crippen molar-refractivity contribution in [1.82, 2.24) is 10.2 Å². The fraction of sp³-hybridized carbons (Fsp3) is 0.478. The lowest BCUT2D eigenvalue weighted by Crippen LogP contribution is -2.43. The van der Waals surface area contributed by atoms with Crippen molar-refractivity contribution in [3.05, 3.63) is 59.4 Å². The Morgan fingerprint density at radius 2 is 1.68 bits per heavy atom. The van der Waals surface area contributed by atoms with Crippen molar-refractivity contribution in [2.24, 2.45) is 0 Å². The van der Waals surface area contributed by atoms with E-state index in [1.165, 1.54) is 56.5 Å². The van der Waals surface area contributed by atoms with Crippen LogP contribution in [0.1, 0.15) is 36.8 Å². The Morgan fingerprint density at radius 3 is 2.36 bits per heavy atom. The lowest BCUT2D eigenvalue weighted by atomic mass is 10.0. The first kappa shape index (κ1) is 19.2. The summed E-state index contributed by atoms with van der Waals surface area (Å²) in [6.45, 7) is 3.67. The fourth-order valence-electron chi connectivity index (χ4n) is 3.85. The van der Waals surface area contributed by atoms with Crippen LogP contribution in [0.2, 0.25) is 0 Å². The van der Waals surface area contributed by atoms with Gasteiger partial charge in [0.15, 0.2) is 11.5 Å². The lowest BCUT2D eigenvalue weighted by Gasteiger charge is -2.32. The average Bonchev–Trinajstić information content (AvgIpc) is 3.58. The van der Waals surface area contributed by atoms with Gasteiger partial charge in [0.25, 0.3) is 0 Å². The van der Waals surface area contributed by atoms with Crippen LogP contribution in [0, 0.1) is 5.82 Å². The summed E-state index contributed by atoms with van der Waals surface area (Å²) in [4.78, 5) is 2.65. The summed E-state index contributed by atoms with van der Waals surface area (Å²) >= 11 is 0. The summed E-state index contributed by atoms with van der Waals surface area (Å²) in [5.41, 5.74) is 2.11. The van der Waals surface area contributed by atoms with Crippen LogP contribution in [0.15, 0.2) is 42.5 Å². The molecule has 2 aromatic carbocycles. The molecule has 4 rings (SSSR count). The minimum atomic E-state index is -0.239. The molecule has 1 N–H and O–H groups in total. The molecule has 1 aliphatic heterocycles. The molecule has 5 heteroatoms. The maximum Gasteiger partial charge on any atom is 0.161 e. The summed E-state index contributed by atoms with van der Waals surface area (Å²) in [6.07, 6.45) is 5.25. The molecule has 1 heterocycles. The topological polar surface area (TPSA) is 33.7 Å². The Labute approximate surface area is 166 Å². The molecular weight excluding hydrogens is 355 g/mol. The number of methoxy groups -OCH3 is 1. The van der Waals surface area contributed by atoms with E-state index in [9.17, 15) is 4.39 Å². The molecule has 0 aromatic heterocycles.